The van der Waals surface area contributed by atoms with Crippen molar-refractivity contribution < 1.29 is 9.47 Å². The highest BCUT2D eigenvalue weighted by molar-refractivity contribution is 5.81. The summed E-state index contributed by atoms with van der Waals surface area (Å²) in [5.74, 6) is 2.25. The van der Waals surface area contributed by atoms with Gasteiger partial charge in [-0.15, -0.1) is 0 Å². The van der Waals surface area contributed by atoms with Crippen LogP contribution in [0.1, 0.15) is 11.4 Å². The van der Waals surface area contributed by atoms with Gasteiger partial charge in [0.15, 0.2) is 17.1 Å². The molecule has 1 aromatic carbocycles. The van der Waals surface area contributed by atoms with Crippen molar-refractivity contribution >= 4 is 5.65 Å². The highest BCUT2D eigenvalue weighted by Crippen LogP contribution is 2.35. The molecule has 3 aromatic heterocycles. The highest BCUT2D eigenvalue weighted by Gasteiger charge is 2.18. The van der Waals surface area contributed by atoms with Crippen molar-refractivity contribution in [3.05, 3.63) is 54.4 Å². The molecule has 7 nitrogen and oxygen atoms in total. The molecule has 4 rings (SSSR count). The van der Waals surface area contributed by atoms with Gasteiger partial charge in [0, 0.05) is 29.7 Å². The fourth-order valence-electron chi connectivity index (χ4n) is 3.13. The first-order chi connectivity index (χ1) is 12.6. The Morgan fingerprint density at radius 3 is 2.50 bits per heavy atom. The molecule has 0 aliphatic heterocycles. The Morgan fingerprint density at radius 2 is 1.81 bits per heavy atom. The van der Waals surface area contributed by atoms with Gasteiger partial charge in [-0.1, -0.05) is 6.07 Å². The van der Waals surface area contributed by atoms with Gasteiger partial charge in [-0.3, -0.25) is 4.57 Å². The first-order valence-electron chi connectivity index (χ1n) is 8.20. The lowest BCUT2D eigenvalue weighted by atomic mass is 10.1. The van der Waals surface area contributed by atoms with Gasteiger partial charge >= 0.3 is 0 Å². The zero-order chi connectivity index (χ0) is 18.3. The van der Waals surface area contributed by atoms with E-state index < -0.39 is 0 Å². The van der Waals surface area contributed by atoms with Crippen molar-refractivity contribution in [2.45, 2.75) is 13.8 Å². The van der Waals surface area contributed by atoms with Gasteiger partial charge in [0.05, 0.1) is 19.9 Å². The largest absolute Gasteiger partial charge is 0.493 e. The average Bonchev–Trinajstić information content (AvgIpc) is 3.28. The molecule has 0 aliphatic carbocycles. The average molecular weight is 349 g/mol. The van der Waals surface area contributed by atoms with Gasteiger partial charge in [-0.2, -0.15) is 9.61 Å². The van der Waals surface area contributed by atoms with E-state index in [1.54, 1.807) is 26.7 Å². The van der Waals surface area contributed by atoms with Crippen LogP contribution in [-0.4, -0.2) is 38.4 Å². The molecule has 0 N–H and O–H groups in total. The van der Waals surface area contributed by atoms with E-state index in [4.69, 9.17) is 19.6 Å². The molecule has 4 aromatic rings. The topological polar surface area (TPSA) is 66.5 Å². The van der Waals surface area contributed by atoms with E-state index in [0.29, 0.717) is 11.5 Å². The maximum atomic E-state index is 5.45. The Morgan fingerprint density at radius 1 is 1.00 bits per heavy atom. The molecule has 0 amide bonds. The summed E-state index contributed by atoms with van der Waals surface area (Å²) < 4.78 is 14.6. The van der Waals surface area contributed by atoms with Gasteiger partial charge in [0.25, 0.3) is 0 Å². The van der Waals surface area contributed by atoms with Crippen LogP contribution in [0.3, 0.4) is 0 Å². The maximum Gasteiger partial charge on any atom is 0.165 e. The van der Waals surface area contributed by atoms with E-state index in [1.807, 2.05) is 53.4 Å². The second-order valence-corrected chi connectivity index (χ2v) is 5.99. The number of aryl methyl sites for hydroxylation is 2. The third kappa shape index (κ3) is 2.48. The Balaban J connectivity index is 1.99. The third-order valence-electron chi connectivity index (χ3n) is 4.31. The summed E-state index contributed by atoms with van der Waals surface area (Å²) in [7, 11) is 3.25. The van der Waals surface area contributed by atoms with Crippen molar-refractivity contribution in [3.63, 3.8) is 0 Å². The Bertz CT molecular complexity index is 1080. The van der Waals surface area contributed by atoms with E-state index in [2.05, 4.69) is 4.98 Å². The van der Waals surface area contributed by atoms with Crippen molar-refractivity contribution in [2.24, 2.45) is 0 Å². The molecule has 0 spiro atoms. The van der Waals surface area contributed by atoms with Crippen LogP contribution < -0.4 is 9.47 Å². The molecule has 0 fully saturated rings. The Hall–Kier alpha value is -3.35. The number of methoxy groups -OCH3 is 2. The molecule has 0 bridgehead atoms. The SMILES string of the molecule is COc1ccc(-c2c(C)nn3c(-n4ccnc4)cc(C)nc23)cc1OC. The van der Waals surface area contributed by atoms with E-state index in [9.17, 15) is 0 Å². The summed E-state index contributed by atoms with van der Waals surface area (Å²) in [5, 5.41) is 4.72. The molecule has 132 valence electrons. The molecule has 3 heterocycles. The van der Waals surface area contributed by atoms with Crippen LogP contribution in [-0.2, 0) is 0 Å². The lowest BCUT2D eigenvalue weighted by Crippen LogP contribution is -2.04. The van der Waals surface area contributed by atoms with E-state index in [1.165, 1.54) is 0 Å². The maximum absolute atomic E-state index is 5.45. The number of benzene rings is 1. The molecular formula is C19H19N5O2. The predicted molar refractivity (Wildman–Crippen MR) is 98.1 cm³/mol. The number of aromatic nitrogens is 5. The van der Waals surface area contributed by atoms with Crippen molar-refractivity contribution in [2.75, 3.05) is 14.2 Å². The van der Waals surface area contributed by atoms with E-state index in [-0.39, 0.29) is 0 Å². The number of rotatable bonds is 4. The zero-order valence-corrected chi connectivity index (χ0v) is 15.1. The highest BCUT2D eigenvalue weighted by atomic mass is 16.5. The minimum atomic E-state index is 0.672. The minimum absolute atomic E-state index is 0.672. The molecule has 0 saturated carbocycles. The summed E-state index contributed by atoms with van der Waals surface area (Å²) in [6.45, 7) is 3.95. The molecule has 0 unspecified atom stereocenters. The van der Waals surface area contributed by atoms with Gasteiger partial charge in [0.2, 0.25) is 0 Å². The molecular weight excluding hydrogens is 330 g/mol. The quantitative estimate of drug-likeness (QED) is 0.566. The van der Waals surface area contributed by atoms with E-state index in [0.717, 1.165) is 34.0 Å². The van der Waals surface area contributed by atoms with Crippen molar-refractivity contribution in [1.29, 1.82) is 0 Å². The van der Waals surface area contributed by atoms with Crippen LogP contribution in [0.15, 0.2) is 43.0 Å². The van der Waals surface area contributed by atoms with Crippen molar-refractivity contribution in [1.82, 2.24) is 24.1 Å². The zero-order valence-electron chi connectivity index (χ0n) is 15.1. The number of hydrogen-bond acceptors (Lipinski definition) is 5. The van der Waals surface area contributed by atoms with Gasteiger partial charge in [0.1, 0.15) is 12.1 Å². The number of ether oxygens (including phenoxy) is 2. The summed E-state index contributed by atoms with van der Waals surface area (Å²) in [6.07, 6.45) is 5.38. The van der Waals surface area contributed by atoms with Gasteiger partial charge < -0.3 is 9.47 Å². The lowest BCUT2D eigenvalue weighted by molar-refractivity contribution is 0.355. The summed E-state index contributed by atoms with van der Waals surface area (Å²) in [5.41, 5.74) is 4.53. The van der Waals surface area contributed by atoms with Crippen LogP contribution >= 0.6 is 0 Å². The fourth-order valence-corrected chi connectivity index (χ4v) is 3.13. The molecule has 0 atom stereocenters. The lowest BCUT2D eigenvalue weighted by Gasteiger charge is -2.10. The minimum Gasteiger partial charge on any atom is -0.493 e. The molecule has 0 radical (unpaired) electrons. The van der Waals surface area contributed by atoms with Crippen LogP contribution in [0.4, 0.5) is 0 Å². The summed E-state index contributed by atoms with van der Waals surface area (Å²) >= 11 is 0. The van der Waals surface area contributed by atoms with Crippen LogP contribution in [0.2, 0.25) is 0 Å². The molecule has 0 aliphatic rings. The molecule has 7 heteroatoms. The second-order valence-electron chi connectivity index (χ2n) is 5.99. The van der Waals surface area contributed by atoms with Gasteiger partial charge in [-0.05, 0) is 31.5 Å². The first kappa shape index (κ1) is 16.1. The predicted octanol–water partition coefficient (Wildman–Crippen LogP) is 3.22. The smallest absolute Gasteiger partial charge is 0.165 e. The van der Waals surface area contributed by atoms with Crippen molar-refractivity contribution in [3.8, 4) is 28.4 Å². The number of nitrogens with zero attached hydrogens (tertiary/aromatic N) is 5. The number of fused-ring (bicyclic) bond motifs is 1. The standard InChI is InChI=1S/C19H19N5O2/c1-12-9-17(23-8-7-20-11-23)24-19(21-12)18(13(2)22-24)14-5-6-15(25-3)16(10-14)26-4/h5-11H,1-4H3. The first-order valence-corrected chi connectivity index (χ1v) is 8.20. The molecule has 0 saturated heterocycles. The van der Waals surface area contributed by atoms with Crippen LogP contribution in [0.5, 0.6) is 11.5 Å². The Kier molecular flexibility index (Phi) is 3.84. The van der Waals surface area contributed by atoms with Gasteiger partial charge in [-0.25, -0.2) is 9.97 Å². The monoisotopic (exact) mass is 349 g/mol. The Labute approximate surface area is 150 Å². The molecule has 26 heavy (non-hydrogen) atoms. The van der Waals surface area contributed by atoms with E-state index >= 15 is 0 Å². The number of imidazole rings is 1. The fraction of sp³-hybridized carbons (Fsp3) is 0.211. The van der Waals surface area contributed by atoms with Crippen LogP contribution in [0.25, 0.3) is 22.6 Å². The summed E-state index contributed by atoms with van der Waals surface area (Å²) in [6, 6.07) is 7.82. The van der Waals surface area contributed by atoms with Crippen LogP contribution in [0, 0.1) is 13.8 Å². The normalized spacial score (nSPS) is 11.1. The number of hydrogen-bond donors (Lipinski definition) is 0. The second kappa shape index (κ2) is 6.18. The third-order valence-corrected chi connectivity index (χ3v) is 4.31. The summed E-state index contributed by atoms with van der Waals surface area (Å²) in [4.78, 5) is 8.87.